The largest absolute Gasteiger partial charge is 0.353 e. The molecule has 0 saturated carbocycles. The van der Waals surface area contributed by atoms with Gasteiger partial charge in [0.2, 0.25) is 5.96 Å². The first-order valence-corrected chi connectivity index (χ1v) is 9.56. The maximum atomic E-state index is 13.1. The van der Waals surface area contributed by atoms with Gasteiger partial charge in [0.15, 0.2) is 0 Å². The van der Waals surface area contributed by atoms with Crippen molar-refractivity contribution >= 4 is 29.3 Å². The van der Waals surface area contributed by atoms with E-state index < -0.39 is 11.7 Å². The third-order valence-electron chi connectivity index (χ3n) is 4.27. The van der Waals surface area contributed by atoms with Crippen LogP contribution in [0.2, 0.25) is 5.02 Å². The van der Waals surface area contributed by atoms with E-state index in [-0.39, 0.29) is 12.0 Å². The van der Waals surface area contributed by atoms with E-state index in [2.05, 4.69) is 25.8 Å². The van der Waals surface area contributed by atoms with Gasteiger partial charge in [0.1, 0.15) is 11.6 Å². The molecule has 0 aliphatic heterocycles. The minimum Gasteiger partial charge on any atom is -0.353 e. The quantitative estimate of drug-likeness (QED) is 0.412. The van der Waals surface area contributed by atoms with Gasteiger partial charge in [-0.15, -0.1) is 0 Å². The van der Waals surface area contributed by atoms with E-state index in [1.165, 1.54) is 24.3 Å². The van der Waals surface area contributed by atoms with Crippen molar-refractivity contribution < 1.29 is 9.18 Å². The first-order chi connectivity index (χ1) is 13.9. The molecule has 3 rings (SSSR count). The number of rotatable bonds is 5. The number of nitrogens with zero attached hydrogens (tertiary/aromatic N) is 2. The summed E-state index contributed by atoms with van der Waals surface area (Å²) in [5.41, 5.74) is 1.91. The number of amides is 1. The number of guanidine groups is 1. The van der Waals surface area contributed by atoms with E-state index in [9.17, 15) is 9.18 Å². The third kappa shape index (κ3) is 5.65. The van der Waals surface area contributed by atoms with Crippen molar-refractivity contribution in [3.05, 3.63) is 71.0 Å². The van der Waals surface area contributed by atoms with Gasteiger partial charge < -0.3 is 10.6 Å². The molecule has 8 heteroatoms. The zero-order valence-corrected chi connectivity index (χ0v) is 16.8. The Balaban J connectivity index is 1.81. The molecular weight excluding hydrogens is 393 g/mol. The van der Waals surface area contributed by atoms with Gasteiger partial charge in [0, 0.05) is 28.3 Å². The summed E-state index contributed by atoms with van der Waals surface area (Å²) in [6.07, 6.45) is 0.838. The molecule has 0 aliphatic carbocycles. The molecule has 1 heterocycles. The lowest BCUT2D eigenvalue weighted by atomic mass is 10.1. The molecule has 29 heavy (non-hydrogen) atoms. The van der Waals surface area contributed by atoms with Crippen molar-refractivity contribution in [1.29, 1.82) is 0 Å². The van der Waals surface area contributed by atoms with E-state index >= 15 is 0 Å². The minimum atomic E-state index is -0.485. The van der Waals surface area contributed by atoms with Crippen molar-refractivity contribution in [2.75, 3.05) is 5.32 Å². The zero-order chi connectivity index (χ0) is 20.8. The fourth-order valence-corrected chi connectivity index (χ4v) is 2.60. The highest BCUT2D eigenvalue weighted by atomic mass is 35.5. The van der Waals surface area contributed by atoms with Gasteiger partial charge in [-0.25, -0.2) is 4.39 Å². The highest BCUT2D eigenvalue weighted by molar-refractivity contribution is 6.30. The fourth-order valence-electron chi connectivity index (χ4n) is 2.47. The summed E-state index contributed by atoms with van der Waals surface area (Å²) in [5, 5.41) is 14.0. The normalized spacial score (nSPS) is 12.5. The average Bonchev–Trinajstić information content (AvgIpc) is 3.17. The molecule has 3 aromatic rings. The third-order valence-corrected chi connectivity index (χ3v) is 4.52. The van der Waals surface area contributed by atoms with Crippen LogP contribution in [0.5, 0.6) is 0 Å². The summed E-state index contributed by atoms with van der Waals surface area (Å²) >= 11 is 5.93. The van der Waals surface area contributed by atoms with E-state index in [1.807, 2.05) is 26.0 Å². The van der Waals surface area contributed by atoms with Crippen molar-refractivity contribution in [2.45, 2.75) is 26.3 Å². The maximum absolute atomic E-state index is 13.1. The molecule has 0 aliphatic rings. The molecular formula is C21H21ClFN5O. The Hall–Kier alpha value is -3.19. The maximum Gasteiger partial charge on any atom is 0.280 e. The predicted octanol–water partition coefficient (Wildman–Crippen LogP) is 4.87. The van der Waals surface area contributed by atoms with Crippen molar-refractivity contribution in [3.8, 4) is 11.3 Å². The number of carbonyl (C=O) groups is 1. The van der Waals surface area contributed by atoms with E-state index in [4.69, 9.17) is 11.6 Å². The smallest absolute Gasteiger partial charge is 0.280 e. The number of nitrogens with one attached hydrogen (secondary N) is 3. The van der Waals surface area contributed by atoms with Crippen LogP contribution in [-0.2, 0) is 0 Å². The van der Waals surface area contributed by atoms with Gasteiger partial charge in [-0.3, -0.25) is 9.89 Å². The lowest BCUT2D eigenvalue weighted by Gasteiger charge is -2.15. The predicted molar refractivity (Wildman–Crippen MR) is 114 cm³/mol. The number of H-pyrrole nitrogens is 1. The Bertz CT molecular complexity index is 999. The van der Waals surface area contributed by atoms with Gasteiger partial charge in [-0.2, -0.15) is 10.1 Å². The molecule has 1 unspecified atom stereocenters. The zero-order valence-electron chi connectivity index (χ0n) is 16.0. The molecule has 0 fully saturated rings. The number of hydrogen-bond acceptors (Lipinski definition) is 2. The van der Waals surface area contributed by atoms with Gasteiger partial charge in [-0.05, 0) is 49.7 Å². The van der Waals surface area contributed by atoms with Crippen LogP contribution in [0.1, 0.15) is 30.6 Å². The Labute approximate surface area is 173 Å². The van der Waals surface area contributed by atoms with Gasteiger partial charge >= 0.3 is 0 Å². The standard InChI is InChI=1S/C21H21ClFN5O/c1-3-13(2)24-21(26-20(29)15-6-10-17(23)11-7-15)25-19-12-18(27-28-19)14-4-8-16(22)9-5-14/h4-13H,3H2,1-2H3,(H3,24,25,26,27,28,29). The first-order valence-electron chi connectivity index (χ1n) is 9.18. The number of carbonyl (C=O) groups excluding carboxylic acids is 1. The summed E-state index contributed by atoms with van der Waals surface area (Å²) < 4.78 is 13.1. The molecule has 0 saturated heterocycles. The Morgan fingerprint density at radius 3 is 2.55 bits per heavy atom. The number of aromatic nitrogens is 2. The highest BCUT2D eigenvalue weighted by Crippen LogP contribution is 2.21. The van der Waals surface area contributed by atoms with Gasteiger partial charge in [0.05, 0.1) is 5.69 Å². The van der Waals surface area contributed by atoms with Crippen molar-refractivity contribution in [3.63, 3.8) is 0 Å². The Kier molecular flexibility index (Phi) is 6.61. The molecule has 1 amide bonds. The van der Waals surface area contributed by atoms with E-state index in [0.29, 0.717) is 16.4 Å². The molecule has 1 aromatic heterocycles. The second-order valence-electron chi connectivity index (χ2n) is 6.52. The molecule has 0 bridgehead atoms. The second-order valence-corrected chi connectivity index (χ2v) is 6.96. The van der Waals surface area contributed by atoms with Crippen LogP contribution in [-0.4, -0.2) is 28.1 Å². The van der Waals surface area contributed by atoms with Crippen LogP contribution in [0.4, 0.5) is 10.2 Å². The average molecular weight is 414 g/mol. The number of aliphatic imine (C=N–C) groups is 1. The van der Waals surface area contributed by atoms with E-state index in [0.717, 1.165) is 17.7 Å². The van der Waals surface area contributed by atoms with Crippen LogP contribution in [0.25, 0.3) is 11.3 Å². The number of benzene rings is 2. The minimum absolute atomic E-state index is 0.0842. The number of aromatic amines is 1. The summed E-state index contributed by atoms with van der Waals surface area (Å²) in [4.78, 5) is 16.6. The van der Waals surface area contributed by atoms with Crippen molar-refractivity contribution in [1.82, 2.24) is 15.5 Å². The van der Waals surface area contributed by atoms with Crippen LogP contribution in [0.3, 0.4) is 0 Å². The Morgan fingerprint density at radius 2 is 1.90 bits per heavy atom. The van der Waals surface area contributed by atoms with Crippen LogP contribution < -0.4 is 10.6 Å². The van der Waals surface area contributed by atoms with Gasteiger partial charge in [0.25, 0.3) is 5.91 Å². The van der Waals surface area contributed by atoms with Crippen LogP contribution >= 0.6 is 11.6 Å². The second kappa shape index (κ2) is 9.34. The van der Waals surface area contributed by atoms with Gasteiger partial charge in [-0.1, -0.05) is 30.7 Å². The molecule has 2 aromatic carbocycles. The summed E-state index contributed by atoms with van der Waals surface area (Å²) in [7, 11) is 0. The monoisotopic (exact) mass is 413 g/mol. The molecule has 0 radical (unpaired) electrons. The molecule has 3 N–H and O–H groups in total. The summed E-state index contributed by atoms with van der Waals surface area (Å²) in [5.74, 6) is -0.0501. The summed E-state index contributed by atoms with van der Waals surface area (Å²) in [6.45, 7) is 4.00. The lowest BCUT2D eigenvalue weighted by molar-refractivity contribution is 0.100. The highest BCUT2D eigenvalue weighted by Gasteiger charge is 2.12. The summed E-state index contributed by atoms with van der Waals surface area (Å²) in [6, 6.07) is 14.5. The Morgan fingerprint density at radius 1 is 1.21 bits per heavy atom. The number of hydrogen-bond donors (Lipinski definition) is 3. The van der Waals surface area contributed by atoms with Crippen LogP contribution in [0, 0.1) is 5.82 Å². The lowest BCUT2D eigenvalue weighted by Crippen LogP contribution is -2.38. The first kappa shape index (κ1) is 20.5. The SMILES string of the molecule is CCC(C)N/C(=N/C(=O)c1ccc(F)cc1)Nc1cc(-c2ccc(Cl)cc2)n[nH]1. The molecule has 6 nitrogen and oxygen atoms in total. The van der Waals surface area contributed by atoms with Crippen LogP contribution in [0.15, 0.2) is 59.6 Å². The van der Waals surface area contributed by atoms with E-state index in [1.54, 1.807) is 18.2 Å². The number of halogens is 2. The number of anilines is 1. The fraction of sp³-hybridized carbons (Fsp3) is 0.190. The van der Waals surface area contributed by atoms with Crippen molar-refractivity contribution in [2.24, 2.45) is 4.99 Å². The topological polar surface area (TPSA) is 82.2 Å². The molecule has 0 spiro atoms. The molecule has 150 valence electrons. The molecule has 1 atom stereocenters.